The molecular weight excluding hydrogens is 787 g/mol. The fourth-order valence-electron chi connectivity index (χ4n) is 11.4. The van der Waals surface area contributed by atoms with Crippen molar-refractivity contribution in [1.29, 1.82) is 0 Å². The van der Waals surface area contributed by atoms with Crippen molar-refractivity contribution >= 4 is 49.8 Å². The van der Waals surface area contributed by atoms with E-state index < -0.39 is 0 Å². The van der Waals surface area contributed by atoms with Gasteiger partial charge >= 0.3 is 0 Å². The molecule has 9 aromatic carbocycles. The van der Waals surface area contributed by atoms with Crippen molar-refractivity contribution in [3.63, 3.8) is 0 Å². The highest BCUT2D eigenvalue weighted by molar-refractivity contribution is 6.14. The van der Waals surface area contributed by atoms with E-state index in [9.17, 15) is 0 Å². The summed E-state index contributed by atoms with van der Waals surface area (Å²) in [4.78, 5) is 2.46. The van der Waals surface area contributed by atoms with Gasteiger partial charge in [-0.1, -0.05) is 143 Å². The van der Waals surface area contributed by atoms with Crippen molar-refractivity contribution in [2.45, 2.75) is 38.5 Å². The van der Waals surface area contributed by atoms with Gasteiger partial charge in [0.25, 0.3) is 0 Å². The highest BCUT2D eigenvalue weighted by Gasteiger charge is 2.37. The lowest BCUT2D eigenvalue weighted by molar-refractivity contribution is 0.660. The quantitative estimate of drug-likeness (QED) is 0.163. The molecule has 0 saturated carbocycles. The van der Waals surface area contributed by atoms with Crippen molar-refractivity contribution in [3.8, 4) is 44.8 Å². The largest absolute Gasteiger partial charge is 0.316 e. The van der Waals surface area contributed by atoms with Gasteiger partial charge in [0.1, 0.15) is 0 Å². The molecule has 0 unspecified atom stereocenters. The molecule has 11 aromatic rings. The van der Waals surface area contributed by atoms with Crippen molar-refractivity contribution in [2.75, 3.05) is 4.90 Å². The van der Waals surface area contributed by atoms with E-state index in [-0.39, 0.29) is 10.8 Å². The van der Waals surface area contributed by atoms with Crippen LogP contribution in [0.3, 0.4) is 0 Å². The predicted molar refractivity (Wildman–Crippen MR) is 273 cm³/mol. The van der Waals surface area contributed by atoms with Crippen molar-refractivity contribution in [2.24, 2.45) is 0 Å². The summed E-state index contributed by atoms with van der Waals surface area (Å²) in [6, 6.07) is 76.6. The molecule has 2 aliphatic carbocycles. The van der Waals surface area contributed by atoms with E-state index in [0.717, 1.165) is 28.4 Å². The van der Waals surface area contributed by atoms with Gasteiger partial charge in [-0.3, -0.25) is 0 Å². The summed E-state index contributed by atoms with van der Waals surface area (Å²) < 4.78 is 4.72. The van der Waals surface area contributed by atoms with Crippen LogP contribution in [0.5, 0.6) is 0 Å². The van der Waals surface area contributed by atoms with Gasteiger partial charge in [-0.25, -0.2) is 0 Å². The molecule has 2 heterocycles. The summed E-state index contributed by atoms with van der Waals surface area (Å²) in [5.41, 5.74) is 22.3. The van der Waals surface area contributed by atoms with Crippen LogP contribution in [0.1, 0.15) is 49.9 Å². The van der Waals surface area contributed by atoms with Gasteiger partial charge in [-0.15, -0.1) is 0 Å². The lowest BCUT2D eigenvalue weighted by Crippen LogP contribution is -2.18. The van der Waals surface area contributed by atoms with Crippen LogP contribution in [-0.4, -0.2) is 9.13 Å². The molecule has 310 valence electrons. The molecule has 3 nitrogen and oxygen atoms in total. The van der Waals surface area contributed by atoms with E-state index in [4.69, 9.17) is 0 Å². The number of rotatable bonds is 6. The SMILES string of the molecule is CC1(C)c2ccccc2-c2ccc(N(c3ccc(-c4ccc5c(c4)c4cc6ccn(-c7ccccc7)c6cc4n5-c4ccccc4)cc3)c3ccc4c(c3)C(C)(C)c3ccccc3-4)cc21. The Hall–Kier alpha value is -7.88. The molecule has 0 saturated heterocycles. The minimum absolute atomic E-state index is 0.112. The first kappa shape index (κ1) is 37.7. The maximum Gasteiger partial charge on any atom is 0.0562 e. The van der Waals surface area contributed by atoms with Crippen molar-refractivity contribution in [3.05, 3.63) is 235 Å². The Kier molecular flexibility index (Phi) is 8.00. The molecule has 0 atom stereocenters. The summed E-state index contributed by atoms with van der Waals surface area (Å²) >= 11 is 0. The number of benzene rings is 9. The molecule has 0 bridgehead atoms. The molecule has 2 aliphatic rings. The first-order chi connectivity index (χ1) is 31.7. The Bertz CT molecular complexity index is 3590. The van der Waals surface area contributed by atoms with E-state index in [2.05, 4.69) is 254 Å². The van der Waals surface area contributed by atoms with Crippen molar-refractivity contribution < 1.29 is 0 Å². The van der Waals surface area contributed by atoms with Gasteiger partial charge in [0.15, 0.2) is 0 Å². The smallest absolute Gasteiger partial charge is 0.0562 e. The van der Waals surface area contributed by atoms with E-state index in [1.807, 2.05) is 0 Å². The lowest BCUT2D eigenvalue weighted by atomic mass is 9.82. The summed E-state index contributed by atoms with van der Waals surface area (Å²) in [6.07, 6.45) is 2.19. The molecule has 3 heteroatoms. The molecule has 13 rings (SSSR count). The van der Waals surface area contributed by atoms with E-state index in [0.29, 0.717) is 0 Å². The summed E-state index contributed by atoms with van der Waals surface area (Å²) in [5, 5.41) is 3.71. The number of para-hydroxylation sites is 2. The molecule has 0 fully saturated rings. The second kappa shape index (κ2) is 13.8. The molecule has 65 heavy (non-hydrogen) atoms. The topological polar surface area (TPSA) is 13.1 Å². The minimum Gasteiger partial charge on any atom is -0.316 e. The standard InChI is InChI=1S/C62H47N3/c1-61(2)54-21-13-11-19-48(54)50-30-28-46(37-56(50)61)64(47-29-31-51-49-20-12-14-22-55(49)62(3,4)57(51)38-47)45-26-23-40(24-27-45)41-25-32-58-52(35-41)53-36-42-33-34-63(43-15-7-5-8-16-43)59(42)39-60(53)65(58)44-17-9-6-10-18-44/h5-39H,1-4H3. The fraction of sp³-hybridized carbons (Fsp3) is 0.0968. The zero-order valence-corrected chi connectivity index (χ0v) is 37.0. The summed E-state index contributed by atoms with van der Waals surface area (Å²) in [5.74, 6) is 0. The van der Waals surface area contributed by atoms with Gasteiger partial charge in [0.2, 0.25) is 0 Å². The highest BCUT2D eigenvalue weighted by atomic mass is 15.1. The first-order valence-corrected chi connectivity index (χ1v) is 22.8. The average Bonchev–Trinajstić information content (AvgIpc) is 4.04. The van der Waals surface area contributed by atoms with Crippen LogP contribution in [0.15, 0.2) is 212 Å². The van der Waals surface area contributed by atoms with Crippen LogP contribution in [0.4, 0.5) is 17.1 Å². The van der Waals surface area contributed by atoms with Gasteiger partial charge in [-0.05, 0) is 147 Å². The minimum atomic E-state index is -0.112. The van der Waals surface area contributed by atoms with Gasteiger partial charge in [0, 0.05) is 61.6 Å². The second-order valence-corrected chi connectivity index (χ2v) is 19.0. The zero-order valence-electron chi connectivity index (χ0n) is 37.0. The maximum atomic E-state index is 2.46. The van der Waals surface area contributed by atoms with Crippen LogP contribution < -0.4 is 4.90 Å². The number of hydrogen-bond donors (Lipinski definition) is 0. The number of nitrogens with zero attached hydrogens (tertiary/aromatic N) is 3. The third-order valence-electron chi connectivity index (χ3n) is 14.7. The molecular formula is C62H47N3. The molecule has 0 radical (unpaired) electrons. The van der Waals surface area contributed by atoms with Crippen molar-refractivity contribution in [1.82, 2.24) is 9.13 Å². The van der Waals surface area contributed by atoms with Crippen LogP contribution >= 0.6 is 0 Å². The summed E-state index contributed by atoms with van der Waals surface area (Å²) in [7, 11) is 0. The number of aromatic nitrogens is 2. The summed E-state index contributed by atoms with van der Waals surface area (Å²) in [6.45, 7) is 9.47. The fourth-order valence-corrected chi connectivity index (χ4v) is 11.4. The Morgan fingerprint density at radius 2 is 0.862 bits per heavy atom. The molecule has 0 spiro atoms. The lowest BCUT2D eigenvalue weighted by Gasteiger charge is -2.30. The normalized spacial score (nSPS) is 14.1. The Morgan fingerprint density at radius 1 is 0.354 bits per heavy atom. The molecule has 0 amide bonds. The Morgan fingerprint density at radius 3 is 1.48 bits per heavy atom. The van der Waals surface area contributed by atoms with Crippen LogP contribution in [0.2, 0.25) is 0 Å². The maximum absolute atomic E-state index is 2.46. The number of hydrogen-bond acceptors (Lipinski definition) is 1. The number of fused-ring (bicyclic) bond motifs is 10. The predicted octanol–water partition coefficient (Wildman–Crippen LogP) is 16.5. The zero-order chi connectivity index (χ0) is 43.6. The van der Waals surface area contributed by atoms with Crippen LogP contribution in [0.25, 0.3) is 77.5 Å². The highest BCUT2D eigenvalue weighted by Crippen LogP contribution is 2.53. The van der Waals surface area contributed by atoms with E-state index >= 15 is 0 Å². The van der Waals surface area contributed by atoms with Gasteiger partial charge < -0.3 is 14.0 Å². The number of anilines is 3. The molecule has 0 aliphatic heterocycles. The van der Waals surface area contributed by atoms with E-state index in [1.54, 1.807) is 0 Å². The van der Waals surface area contributed by atoms with Crippen LogP contribution in [0, 0.1) is 0 Å². The van der Waals surface area contributed by atoms with Crippen LogP contribution in [-0.2, 0) is 10.8 Å². The third kappa shape index (κ3) is 5.55. The van der Waals surface area contributed by atoms with E-state index in [1.165, 1.54) is 88.3 Å². The molecule has 2 aromatic heterocycles. The second-order valence-electron chi connectivity index (χ2n) is 19.0. The Balaban J connectivity index is 0.946. The van der Waals surface area contributed by atoms with Gasteiger partial charge in [0.05, 0.1) is 16.6 Å². The third-order valence-corrected chi connectivity index (χ3v) is 14.7. The van der Waals surface area contributed by atoms with Gasteiger partial charge in [-0.2, -0.15) is 0 Å². The Labute approximate surface area is 380 Å². The average molecular weight is 834 g/mol. The molecule has 0 N–H and O–H groups in total. The first-order valence-electron chi connectivity index (χ1n) is 22.8. The monoisotopic (exact) mass is 833 g/mol.